The van der Waals surface area contributed by atoms with Crippen molar-refractivity contribution in [2.45, 2.75) is 13.0 Å². The number of pyridine rings is 1. The Hall–Kier alpha value is -2.14. The number of anilines is 1. The van der Waals surface area contributed by atoms with Crippen molar-refractivity contribution in [1.29, 1.82) is 0 Å². The lowest BCUT2D eigenvalue weighted by Crippen LogP contribution is -2.12. The topological polar surface area (TPSA) is 62.2 Å². The average Bonchev–Trinajstić information content (AvgIpc) is 2.38. The predicted octanol–water partition coefficient (Wildman–Crippen LogP) is 3.75. The third-order valence-electron chi connectivity index (χ3n) is 2.79. The van der Waals surface area contributed by atoms with Crippen molar-refractivity contribution < 1.29 is 14.3 Å². The van der Waals surface area contributed by atoms with Crippen LogP contribution in [0.3, 0.4) is 0 Å². The summed E-state index contributed by atoms with van der Waals surface area (Å²) in [5.41, 5.74) is 0.695. The number of nitrogens with zero attached hydrogens (tertiary/aromatic N) is 1. The minimum Gasteiger partial charge on any atom is -0.478 e. The lowest BCUT2D eigenvalue weighted by Gasteiger charge is -2.16. The van der Waals surface area contributed by atoms with Gasteiger partial charge in [0, 0.05) is 0 Å². The lowest BCUT2D eigenvalue weighted by molar-refractivity contribution is 0.0697. The van der Waals surface area contributed by atoms with Crippen molar-refractivity contribution in [2.24, 2.45) is 0 Å². The van der Waals surface area contributed by atoms with Gasteiger partial charge in [0.1, 0.15) is 22.4 Å². The molecule has 4 nitrogen and oxygen atoms in total. The highest BCUT2D eigenvalue weighted by Crippen LogP contribution is 2.23. The Bertz CT molecular complexity index is 649. The minimum atomic E-state index is -1.11. The average molecular weight is 295 g/mol. The van der Waals surface area contributed by atoms with Gasteiger partial charge in [-0.3, -0.25) is 0 Å². The first-order valence-corrected chi connectivity index (χ1v) is 6.27. The van der Waals surface area contributed by atoms with Crippen LogP contribution < -0.4 is 5.32 Å². The molecule has 0 aliphatic carbocycles. The summed E-state index contributed by atoms with van der Waals surface area (Å²) in [5.74, 6) is -1.31. The van der Waals surface area contributed by atoms with Crippen LogP contribution in [-0.2, 0) is 0 Å². The van der Waals surface area contributed by atoms with Gasteiger partial charge in [-0.15, -0.1) is 0 Å². The molecule has 2 rings (SSSR count). The zero-order chi connectivity index (χ0) is 14.7. The predicted molar refractivity (Wildman–Crippen MR) is 74.6 cm³/mol. The molecule has 2 aromatic rings. The highest BCUT2D eigenvalue weighted by molar-refractivity contribution is 6.29. The van der Waals surface area contributed by atoms with Crippen molar-refractivity contribution in [3.8, 4) is 0 Å². The second-order valence-corrected chi connectivity index (χ2v) is 4.64. The molecular weight excluding hydrogens is 283 g/mol. The number of rotatable bonds is 4. The van der Waals surface area contributed by atoms with Crippen LogP contribution in [0.1, 0.15) is 28.9 Å². The van der Waals surface area contributed by atoms with E-state index in [-0.39, 0.29) is 28.4 Å². The minimum absolute atomic E-state index is 0.0117. The molecule has 1 unspecified atom stereocenters. The molecule has 0 saturated carbocycles. The molecular formula is C14H12ClFN2O2. The lowest BCUT2D eigenvalue weighted by atomic mass is 10.1. The zero-order valence-electron chi connectivity index (χ0n) is 10.6. The van der Waals surface area contributed by atoms with Crippen molar-refractivity contribution in [3.05, 3.63) is 58.5 Å². The van der Waals surface area contributed by atoms with E-state index in [1.54, 1.807) is 19.1 Å². The van der Waals surface area contributed by atoms with Crippen molar-refractivity contribution >= 4 is 23.4 Å². The van der Waals surface area contributed by atoms with Crippen LogP contribution in [-0.4, -0.2) is 16.1 Å². The molecule has 0 saturated heterocycles. The Morgan fingerprint density at radius 2 is 2.15 bits per heavy atom. The summed E-state index contributed by atoms with van der Waals surface area (Å²) in [5, 5.41) is 12.2. The maximum Gasteiger partial charge on any atom is 0.339 e. The Balaban J connectivity index is 2.29. The number of nitrogens with one attached hydrogen (secondary N) is 1. The van der Waals surface area contributed by atoms with Crippen LogP contribution in [0.5, 0.6) is 0 Å². The molecule has 0 aliphatic rings. The van der Waals surface area contributed by atoms with E-state index in [9.17, 15) is 9.18 Å². The summed E-state index contributed by atoms with van der Waals surface area (Å²) in [6.07, 6.45) is 0. The van der Waals surface area contributed by atoms with E-state index in [1.165, 1.54) is 24.3 Å². The molecule has 104 valence electrons. The zero-order valence-corrected chi connectivity index (χ0v) is 11.4. The van der Waals surface area contributed by atoms with E-state index >= 15 is 0 Å². The number of benzene rings is 1. The molecule has 1 aromatic carbocycles. The largest absolute Gasteiger partial charge is 0.478 e. The van der Waals surface area contributed by atoms with Crippen molar-refractivity contribution in [1.82, 2.24) is 4.98 Å². The van der Waals surface area contributed by atoms with Gasteiger partial charge < -0.3 is 10.4 Å². The highest BCUT2D eigenvalue weighted by Gasteiger charge is 2.15. The van der Waals surface area contributed by atoms with Crippen LogP contribution in [0, 0.1) is 5.82 Å². The number of aromatic carboxylic acids is 1. The second-order valence-electron chi connectivity index (χ2n) is 4.26. The van der Waals surface area contributed by atoms with Crippen molar-refractivity contribution in [2.75, 3.05) is 5.32 Å². The quantitative estimate of drug-likeness (QED) is 0.843. The third-order valence-corrected chi connectivity index (χ3v) is 3.00. The van der Waals surface area contributed by atoms with Crippen LogP contribution in [0.25, 0.3) is 0 Å². The first kappa shape index (κ1) is 14.3. The van der Waals surface area contributed by atoms with Crippen LogP contribution in [0.15, 0.2) is 36.4 Å². The summed E-state index contributed by atoms with van der Waals surface area (Å²) in [4.78, 5) is 15.1. The Morgan fingerprint density at radius 3 is 2.80 bits per heavy atom. The van der Waals surface area contributed by atoms with E-state index < -0.39 is 5.97 Å². The van der Waals surface area contributed by atoms with Crippen molar-refractivity contribution in [3.63, 3.8) is 0 Å². The molecule has 0 radical (unpaired) electrons. The number of hydrogen-bond acceptors (Lipinski definition) is 3. The van der Waals surface area contributed by atoms with Gasteiger partial charge in [0.05, 0.1) is 6.04 Å². The smallest absolute Gasteiger partial charge is 0.339 e. The first-order chi connectivity index (χ1) is 9.47. The molecule has 1 aromatic heterocycles. The van der Waals surface area contributed by atoms with Gasteiger partial charge in [-0.2, -0.15) is 0 Å². The van der Waals surface area contributed by atoms with Gasteiger partial charge in [-0.25, -0.2) is 14.2 Å². The number of carbonyl (C=O) groups is 1. The molecule has 0 spiro atoms. The first-order valence-electron chi connectivity index (χ1n) is 5.89. The second kappa shape index (κ2) is 5.88. The third kappa shape index (κ3) is 3.24. The number of carboxylic acids is 1. The molecule has 0 bridgehead atoms. The molecule has 6 heteroatoms. The van der Waals surface area contributed by atoms with Gasteiger partial charge >= 0.3 is 5.97 Å². The number of aromatic nitrogens is 1. The van der Waals surface area contributed by atoms with Crippen LogP contribution >= 0.6 is 11.6 Å². The van der Waals surface area contributed by atoms with Gasteiger partial charge in [0.2, 0.25) is 0 Å². The number of halogens is 2. The summed E-state index contributed by atoms with van der Waals surface area (Å²) in [6.45, 7) is 1.78. The van der Waals surface area contributed by atoms with E-state index in [0.717, 1.165) is 0 Å². The summed E-state index contributed by atoms with van der Waals surface area (Å²) < 4.78 is 13.2. The van der Waals surface area contributed by atoms with Gasteiger partial charge in [-0.1, -0.05) is 23.7 Å². The number of hydrogen-bond donors (Lipinski definition) is 2. The SMILES string of the molecule is CC(Nc1nc(Cl)ccc1C(=O)O)c1cccc(F)c1. The molecule has 1 heterocycles. The van der Waals surface area contributed by atoms with E-state index in [0.29, 0.717) is 5.56 Å². The normalized spacial score (nSPS) is 11.9. The van der Waals surface area contributed by atoms with Crippen LogP contribution in [0.4, 0.5) is 10.2 Å². The molecule has 20 heavy (non-hydrogen) atoms. The highest BCUT2D eigenvalue weighted by atomic mass is 35.5. The standard InChI is InChI=1S/C14H12ClFN2O2/c1-8(9-3-2-4-10(16)7-9)17-13-11(14(19)20)5-6-12(15)18-13/h2-8H,1H3,(H,17,18)(H,19,20). The summed E-state index contributed by atoms with van der Waals surface area (Å²) >= 11 is 5.77. The van der Waals surface area contributed by atoms with Gasteiger partial charge in [-0.05, 0) is 36.8 Å². The van der Waals surface area contributed by atoms with E-state index in [4.69, 9.17) is 16.7 Å². The van der Waals surface area contributed by atoms with Crippen LogP contribution in [0.2, 0.25) is 5.15 Å². The van der Waals surface area contributed by atoms with E-state index in [1.807, 2.05) is 0 Å². The maximum absolute atomic E-state index is 13.2. The van der Waals surface area contributed by atoms with E-state index in [2.05, 4.69) is 10.3 Å². The maximum atomic E-state index is 13.2. The molecule has 0 aliphatic heterocycles. The fourth-order valence-electron chi connectivity index (χ4n) is 1.78. The monoisotopic (exact) mass is 294 g/mol. The molecule has 1 atom stereocenters. The fourth-order valence-corrected chi connectivity index (χ4v) is 1.93. The fraction of sp³-hybridized carbons (Fsp3) is 0.143. The van der Waals surface area contributed by atoms with Gasteiger partial charge in [0.15, 0.2) is 0 Å². The Morgan fingerprint density at radius 1 is 1.40 bits per heavy atom. The molecule has 0 fully saturated rings. The summed E-state index contributed by atoms with van der Waals surface area (Å²) in [6, 6.07) is 8.52. The van der Waals surface area contributed by atoms with Gasteiger partial charge in [0.25, 0.3) is 0 Å². The Kier molecular flexibility index (Phi) is 4.20. The Labute approximate surface area is 120 Å². The molecule has 2 N–H and O–H groups in total. The molecule has 0 amide bonds. The number of carboxylic acid groups (broad SMARTS) is 1. The summed E-state index contributed by atoms with van der Waals surface area (Å²) in [7, 11) is 0.